The number of hydrogen-bond donors (Lipinski definition) is 1. The van der Waals surface area contributed by atoms with E-state index in [4.69, 9.17) is 0 Å². The summed E-state index contributed by atoms with van der Waals surface area (Å²) in [4.78, 5) is 12.0. The van der Waals surface area contributed by atoms with Gasteiger partial charge in [0.05, 0.1) is 6.67 Å². The lowest BCUT2D eigenvalue weighted by Crippen LogP contribution is -2.23. The molecule has 0 aliphatic carbocycles. The third kappa shape index (κ3) is 4.11. The van der Waals surface area contributed by atoms with Crippen LogP contribution in [0.5, 0.6) is 0 Å². The third-order valence-corrected chi connectivity index (χ3v) is 4.21. The first kappa shape index (κ1) is 17.1. The van der Waals surface area contributed by atoms with Crippen LogP contribution < -0.4 is 0 Å². The second-order valence-corrected chi connectivity index (χ2v) is 4.86. The largest absolute Gasteiger partial charge is 0.512 e. The fourth-order valence-electron chi connectivity index (χ4n) is 2.38. The number of halogens is 1. The number of carbonyl (C=O) groups is 1. The zero-order chi connectivity index (χ0) is 14.2. The number of ketones is 1. The molecule has 0 aliphatic heterocycles. The quantitative estimate of drug-likeness (QED) is 0.485. The van der Waals surface area contributed by atoms with Crippen LogP contribution in [0.3, 0.4) is 0 Å². The molecule has 0 fully saturated rings. The highest BCUT2D eigenvalue weighted by Gasteiger charge is 2.30. The minimum absolute atomic E-state index is 0.146. The molecule has 2 nitrogen and oxygen atoms in total. The highest BCUT2D eigenvalue weighted by atomic mass is 19.1. The van der Waals surface area contributed by atoms with Crippen molar-refractivity contribution < 1.29 is 14.3 Å². The van der Waals surface area contributed by atoms with Gasteiger partial charge in [-0.1, -0.05) is 27.7 Å². The number of rotatable bonds is 9. The lowest BCUT2D eigenvalue weighted by atomic mass is 9.77. The lowest BCUT2D eigenvalue weighted by molar-refractivity contribution is -0.118. The van der Waals surface area contributed by atoms with Crippen LogP contribution in [0.4, 0.5) is 4.39 Å². The molecule has 1 atom stereocenters. The van der Waals surface area contributed by atoms with Gasteiger partial charge in [-0.2, -0.15) is 0 Å². The van der Waals surface area contributed by atoms with Crippen LogP contribution in [-0.2, 0) is 4.79 Å². The van der Waals surface area contributed by atoms with Crippen molar-refractivity contribution in [2.45, 2.75) is 59.8 Å². The Hall–Kier alpha value is -0.860. The Kier molecular flexibility index (Phi) is 7.88. The first-order valence-electron chi connectivity index (χ1n) is 7.02. The molecular formula is C15H27FO2. The van der Waals surface area contributed by atoms with Gasteiger partial charge in [0.25, 0.3) is 0 Å². The monoisotopic (exact) mass is 258 g/mol. The Morgan fingerprint density at radius 1 is 1.22 bits per heavy atom. The Labute approximate surface area is 110 Å². The number of allylic oxidation sites excluding steroid dienone is 2. The van der Waals surface area contributed by atoms with E-state index in [-0.39, 0.29) is 29.3 Å². The molecule has 0 aromatic carbocycles. The summed E-state index contributed by atoms with van der Waals surface area (Å²) in [6, 6.07) is 0. The highest BCUT2D eigenvalue weighted by molar-refractivity contribution is 5.92. The van der Waals surface area contributed by atoms with Gasteiger partial charge in [0.1, 0.15) is 5.76 Å². The normalized spacial score (nSPS) is 14.6. The Morgan fingerprint density at radius 2 is 1.72 bits per heavy atom. The molecule has 18 heavy (non-hydrogen) atoms. The standard InChI is InChI=1S/C15H27FO2/c1-5-12(9-10-16)13(17)11-14(18)15(6-2,7-3)8-4/h11-12,18H,5-10H2,1-4H3/b14-11-. The predicted molar refractivity (Wildman–Crippen MR) is 73.4 cm³/mol. The fourth-order valence-corrected chi connectivity index (χ4v) is 2.38. The topological polar surface area (TPSA) is 37.3 Å². The Bertz CT molecular complexity index is 272. The van der Waals surface area contributed by atoms with Crippen LogP contribution in [0.15, 0.2) is 11.8 Å². The molecule has 3 heteroatoms. The number of aliphatic hydroxyl groups excluding tert-OH is 1. The first-order chi connectivity index (χ1) is 8.51. The molecule has 0 amide bonds. The molecule has 0 aromatic rings. The van der Waals surface area contributed by atoms with E-state index in [2.05, 4.69) is 0 Å². The van der Waals surface area contributed by atoms with Crippen molar-refractivity contribution in [2.75, 3.05) is 6.67 Å². The minimum atomic E-state index is -0.487. The van der Waals surface area contributed by atoms with Gasteiger partial charge >= 0.3 is 0 Å². The van der Waals surface area contributed by atoms with Crippen molar-refractivity contribution in [3.05, 3.63) is 11.8 Å². The Balaban J connectivity index is 4.99. The first-order valence-corrected chi connectivity index (χ1v) is 7.02. The van der Waals surface area contributed by atoms with Crippen LogP contribution in [0, 0.1) is 11.3 Å². The minimum Gasteiger partial charge on any atom is -0.512 e. The molecule has 1 N–H and O–H groups in total. The summed E-state index contributed by atoms with van der Waals surface area (Å²) in [7, 11) is 0. The van der Waals surface area contributed by atoms with Crippen molar-refractivity contribution in [1.82, 2.24) is 0 Å². The van der Waals surface area contributed by atoms with Crippen molar-refractivity contribution >= 4 is 5.78 Å². The van der Waals surface area contributed by atoms with Gasteiger partial charge in [-0.15, -0.1) is 0 Å². The number of alkyl halides is 1. The summed E-state index contributed by atoms with van der Waals surface area (Å²) in [6.07, 6.45) is 4.60. The Morgan fingerprint density at radius 3 is 2.06 bits per heavy atom. The smallest absolute Gasteiger partial charge is 0.162 e. The van der Waals surface area contributed by atoms with Crippen molar-refractivity contribution in [1.29, 1.82) is 0 Å². The van der Waals surface area contributed by atoms with Gasteiger partial charge in [0, 0.05) is 17.4 Å². The van der Waals surface area contributed by atoms with Gasteiger partial charge in [0.15, 0.2) is 5.78 Å². The third-order valence-electron chi connectivity index (χ3n) is 4.21. The maximum atomic E-state index is 12.3. The van der Waals surface area contributed by atoms with E-state index in [9.17, 15) is 14.3 Å². The molecule has 0 bridgehead atoms. The molecule has 0 radical (unpaired) electrons. The van der Waals surface area contributed by atoms with Crippen LogP contribution in [0.25, 0.3) is 0 Å². The van der Waals surface area contributed by atoms with Gasteiger partial charge < -0.3 is 5.11 Å². The summed E-state index contributed by atoms with van der Waals surface area (Å²) in [5.41, 5.74) is -0.302. The van der Waals surface area contributed by atoms with E-state index < -0.39 is 6.67 Å². The number of hydrogen-bond acceptors (Lipinski definition) is 2. The van der Waals surface area contributed by atoms with Gasteiger partial charge in [0.2, 0.25) is 0 Å². The van der Waals surface area contributed by atoms with Gasteiger partial charge in [-0.05, 0) is 32.1 Å². The average Bonchev–Trinajstić information content (AvgIpc) is 2.38. The average molecular weight is 258 g/mol. The van der Waals surface area contributed by atoms with Crippen molar-refractivity contribution in [3.8, 4) is 0 Å². The summed E-state index contributed by atoms with van der Waals surface area (Å²) >= 11 is 0. The van der Waals surface area contributed by atoms with E-state index in [0.29, 0.717) is 6.42 Å². The van der Waals surface area contributed by atoms with Crippen molar-refractivity contribution in [2.24, 2.45) is 11.3 Å². The summed E-state index contributed by atoms with van der Waals surface area (Å²) in [5, 5.41) is 10.2. The summed E-state index contributed by atoms with van der Waals surface area (Å²) in [5.74, 6) is -0.287. The highest BCUT2D eigenvalue weighted by Crippen LogP contribution is 2.37. The predicted octanol–water partition coefficient (Wildman–Crippen LogP) is 4.60. The second kappa shape index (κ2) is 8.28. The molecule has 0 rings (SSSR count). The summed E-state index contributed by atoms with van der Waals surface area (Å²) in [6.45, 7) is 7.43. The molecule has 0 aromatic heterocycles. The molecular weight excluding hydrogens is 231 g/mol. The van der Waals surface area contributed by atoms with E-state index in [1.807, 2.05) is 27.7 Å². The molecule has 0 saturated heterocycles. The van der Waals surface area contributed by atoms with Crippen LogP contribution in [0.2, 0.25) is 0 Å². The fraction of sp³-hybridized carbons (Fsp3) is 0.800. The SMILES string of the molecule is CCC(CCF)C(=O)/C=C(\O)C(CC)(CC)CC. The lowest BCUT2D eigenvalue weighted by Gasteiger charge is -2.29. The number of carbonyl (C=O) groups excluding carboxylic acids is 1. The molecule has 1 unspecified atom stereocenters. The maximum absolute atomic E-state index is 12.3. The molecule has 0 spiro atoms. The molecule has 0 heterocycles. The van der Waals surface area contributed by atoms with Gasteiger partial charge in [-0.25, -0.2) is 0 Å². The zero-order valence-electron chi connectivity index (χ0n) is 12.1. The molecule has 106 valence electrons. The van der Waals surface area contributed by atoms with Crippen LogP contribution >= 0.6 is 0 Å². The zero-order valence-corrected chi connectivity index (χ0v) is 12.1. The van der Waals surface area contributed by atoms with E-state index >= 15 is 0 Å². The molecule has 0 saturated carbocycles. The van der Waals surface area contributed by atoms with E-state index in [1.165, 1.54) is 6.08 Å². The second-order valence-electron chi connectivity index (χ2n) is 4.86. The van der Waals surface area contributed by atoms with E-state index in [1.54, 1.807) is 0 Å². The van der Waals surface area contributed by atoms with Crippen LogP contribution in [0.1, 0.15) is 59.8 Å². The van der Waals surface area contributed by atoms with Crippen LogP contribution in [-0.4, -0.2) is 17.6 Å². The number of aliphatic hydroxyl groups is 1. The maximum Gasteiger partial charge on any atom is 0.162 e. The summed E-state index contributed by atoms with van der Waals surface area (Å²) < 4.78 is 12.3. The van der Waals surface area contributed by atoms with Gasteiger partial charge in [-0.3, -0.25) is 9.18 Å². The molecule has 0 aliphatic rings. The van der Waals surface area contributed by atoms with Crippen molar-refractivity contribution in [3.63, 3.8) is 0 Å². The van der Waals surface area contributed by atoms with E-state index in [0.717, 1.165) is 19.3 Å².